The Hall–Kier alpha value is -1.10. The molecule has 2 aromatic carbocycles. The quantitative estimate of drug-likeness (QED) is 0.741. The van der Waals surface area contributed by atoms with Gasteiger partial charge >= 0.3 is 0 Å². The number of anilines is 1. The Morgan fingerprint density at radius 2 is 1.95 bits per heavy atom. The third kappa shape index (κ3) is 3.14. The summed E-state index contributed by atoms with van der Waals surface area (Å²) in [7, 11) is 0. The fraction of sp³-hybridized carbons (Fsp3) is 0.0714. The van der Waals surface area contributed by atoms with Crippen molar-refractivity contribution in [2.45, 2.75) is 6.92 Å². The van der Waals surface area contributed by atoms with E-state index in [0.717, 1.165) is 5.56 Å². The van der Waals surface area contributed by atoms with Gasteiger partial charge in [-0.15, -0.1) is 0 Å². The highest BCUT2D eigenvalue weighted by Gasteiger charge is 2.17. The number of nitrogens with one attached hydrogen (secondary N) is 1. The van der Waals surface area contributed by atoms with Gasteiger partial charge in [-0.3, -0.25) is 4.79 Å². The number of amides is 1. The first-order chi connectivity index (χ1) is 9.40. The largest absolute Gasteiger partial charge is 0.321 e. The average Bonchev–Trinajstić information content (AvgIpc) is 2.35. The molecule has 2 aromatic rings. The number of carbonyl (C=O) groups excluding carboxylic acids is 1. The smallest absolute Gasteiger partial charge is 0.260 e. The molecule has 0 heterocycles. The van der Waals surface area contributed by atoms with E-state index in [1.807, 2.05) is 6.92 Å². The van der Waals surface area contributed by atoms with Crippen molar-refractivity contribution < 1.29 is 9.18 Å². The Balaban J connectivity index is 2.35. The van der Waals surface area contributed by atoms with Crippen molar-refractivity contribution in [3.05, 3.63) is 61.8 Å². The fourth-order valence-corrected chi connectivity index (χ4v) is 2.61. The second-order valence-electron chi connectivity index (χ2n) is 4.13. The summed E-state index contributed by atoms with van der Waals surface area (Å²) in [5.74, 6) is -1.31. The zero-order valence-corrected chi connectivity index (χ0v) is 13.4. The molecule has 0 saturated carbocycles. The minimum absolute atomic E-state index is 0.0526. The first kappa shape index (κ1) is 15.3. The van der Waals surface area contributed by atoms with Crippen LogP contribution in [0, 0.1) is 12.7 Å². The molecule has 0 aliphatic heterocycles. The van der Waals surface area contributed by atoms with Crippen molar-refractivity contribution in [3.8, 4) is 0 Å². The van der Waals surface area contributed by atoms with Gasteiger partial charge in [0.25, 0.3) is 5.91 Å². The molecule has 0 spiro atoms. The van der Waals surface area contributed by atoms with Gasteiger partial charge in [-0.1, -0.05) is 29.3 Å². The van der Waals surface area contributed by atoms with Crippen LogP contribution in [0.2, 0.25) is 10.0 Å². The summed E-state index contributed by atoms with van der Waals surface area (Å²) in [5, 5.41) is 3.14. The zero-order valence-electron chi connectivity index (χ0n) is 10.3. The molecule has 0 saturated heterocycles. The number of benzene rings is 2. The molecule has 104 valence electrons. The van der Waals surface area contributed by atoms with Crippen molar-refractivity contribution in [2.24, 2.45) is 0 Å². The summed E-state index contributed by atoms with van der Waals surface area (Å²) in [4.78, 5) is 12.1. The molecule has 0 bridgehead atoms. The molecule has 0 fully saturated rings. The third-order valence-electron chi connectivity index (χ3n) is 2.69. The molecule has 0 radical (unpaired) electrons. The van der Waals surface area contributed by atoms with E-state index in [0.29, 0.717) is 15.2 Å². The highest BCUT2D eigenvalue weighted by atomic mass is 79.9. The summed E-state index contributed by atoms with van der Waals surface area (Å²) >= 11 is 15.2. The molecule has 0 atom stereocenters. The number of rotatable bonds is 2. The molecule has 0 aromatic heterocycles. The van der Waals surface area contributed by atoms with Crippen LogP contribution in [-0.2, 0) is 0 Å². The van der Waals surface area contributed by atoms with Gasteiger partial charge in [0, 0.05) is 9.50 Å². The van der Waals surface area contributed by atoms with Gasteiger partial charge in [0.1, 0.15) is 5.82 Å². The molecule has 6 heteroatoms. The lowest BCUT2D eigenvalue weighted by Crippen LogP contribution is -2.14. The monoisotopic (exact) mass is 375 g/mol. The van der Waals surface area contributed by atoms with Crippen LogP contribution >= 0.6 is 39.1 Å². The van der Waals surface area contributed by atoms with Crippen LogP contribution in [0.25, 0.3) is 0 Å². The minimum atomic E-state index is -0.677. The van der Waals surface area contributed by atoms with Gasteiger partial charge in [0.2, 0.25) is 0 Å². The third-order valence-corrected chi connectivity index (χ3v) is 4.06. The summed E-state index contributed by atoms with van der Waals surface area (Å²) in [6.45, 7) is 1.84. The van der Waals surface area contributed by atoms with Crippen molar-refractivity contribution in [1.82, 2.24) is 0 Å². The van der Waals surface area contributed by atoms with Crippen LogP contribution < -0.4 is 5.32 Å². The Labute approximate surface area is 134 Å². The molecular weight excluding hydrogens is 368 g/mol. The lowest BCUT2D eigenvalue weighted by Gasteiger charge is -2.11. The average molecular weight is 377 g/mol. The fourth-order valence-electron chi connectivity index (χ4n) is 1.64. The SMILES string of the molecule is Cc1cc(Br)c(NC(=O)c2c(F)cccc2Cl)cc1Cl. The van der Waals surface area contributed by atoms with Gasteiger partial charge in [-0.25, -0.2) is 4.39 Å². The maximum Gasteiger partial charge on any atom is 0.260 e. The van der Waals surface area contributed by atoms with Gasteiger partial charge < -0.3 is 5.32 Å². The molecule has 0 aliphatic carbocycles. The molecule has 20 heavy (non-hydrogen) atoms. The van der Waals surface area contributed by atoms with E-state index in [9.17, 15) is 9.18 Å². The van der Waals surface area contributed by atoms with E-state index >= 15 is 0 Å². The summed E-state index contributed by atoms with van der Waals surface area (Å²) in [6.07, 6.45) is 0. The van der Waals surface area contributed by atoms with Gasteiger partial charge in [0.05, 0.1) is 16.3 Å². The minimum Gasteiger partial charge on any atom is -0.321 e. The molecule has 1 N–H and O–H groups in total. The summed E-state index contributed by atoms with van der Waals surface area (Å²) in [5.41, 5.74) is 1.11. The van der Waals surface area contributed by atoms with E-state index in [2.05, 4.69) is 21.2 Å². The Morgan fingerprint density at radius 1 is 1.25 bits per heavy atom. The molecule has 1 amide bonds. The standard InChI is InChI=1S/C14H9BrCl2FNO/c1-7-5-8(15)12(6-10(7)17)19-14(20)13-9(16)3-2-4-11(13)18/h2-6H,1H3,(H,19,20). The first-order valence-corrected chi connectivity index (χ1v) is 7.16. The van der Waals surface area contributed by atoms with Crippen LogP contribution in [0.3, 0.4) is 0 Å². The Kier molecular flexibility index (Phi) is 4.68. The second kappa shape index (κ2) is 6.12. The van der Waals surface area contributed by atoms with Crippen molar-refractivity contribution >= 4 is 50.7 Å². The highest BCUT2D eigenvalue weighted by molar-refractivity contribution is 9.10. The Morgan fingerprint density at radius 3 is 2.60 bits per heavy atom. The predicted octanol–water partition coefficient (Wildman–Crippen LogP) is 5.46. The maximum atomic E-state index is 13.7. The first-order valence-electron chi connectivity index (χ1n) is 5.61. The van der Waals surface area contributed by atoms with Crippen LogP contribution in [0.4, 0.5) is 10.1 Å². The summed E-state index contributed by atoms with van der Waals surface area (Å²) < 4.78 is 14.3. The van der Waals surface area contributed by atoms with Crippen molar-refractivity contribution in [3.63, 3.8) is 0 Å². The zero-order chi connectivity index (χ0) is 14.9. The van der Waals surface area contributed by atoms with E-state index < -0.39 is 11.7 Å². The maximum absolute atomic E-state index is 13.7. The van der Waals surface area contributed by atoms with Crippen LogP contribution in [0.15, 0.2) is 34.8 Å². The number of halogens is 4. The summed E-state index contributed by atoms with van der Waals surface area (Å²) in [6, 6.07) is 7.43. The number of hydrogen-bond acceptors (Lipinski definition) is 1. The highest BCUT2D eigenvalue weighted by Crippen LogP contribution is 2.30. The molecular formula is C14H9BrCl2FNO. The van der Waals surface area contributed by atoms with E-state index in [-0.39, 0.29) is 10.6 Å². The van der Waals surface area contributed by atoms with Crippen molar-refractivity contribution in [2.75, 3.05) is 5.32 Å². The van der Waals surface area contributed by atoms with Crippen LogP contribution in [0.5, 0.6) is 0 Å². The van der Waals surface area contributed by atoms with Gasteiger partial charge in [0.15, 0.2) is 0 Å². The molecule has 0 aliphatic rings. The number of carbonyl (C=O) groups is 1. The van der Waals surface area contributed by atoms with Gasteiger partial charge in [-0.2, -0.15) is 0 Å². The number of hydrogen-bond donors (Lipinski definition) is 1. The van der Waals surface area contributed by atoms with Crippen LogP contribution in [-0.4, -0.2) is 5.91 Å². The molecule has 2 nitrogen and oxygen atoms in total. The van der Waals surface area contributed by atoms with Gasteiger partial charge in [-0.05, 0) is 52.7 Å². The lowest BCUT2D eigenvalue weighted by atomic mass is 10.1. The molecule has 0 unspecified atom stereocenters. The number of aryl methyl sites for hydroxylation is 1. The normalized spacial score (nSPS) is 10.4. The predicted molar refractivity (Wildman–Crippen MR) is 83.3 cm³/mol. The topological polar surface area (TPSA) is 29.1 Å². The van der Waals surface area contributed by atoms with Crippen molar-refractivity contribution in [1.29, 1.82) is 0 Å². The van der Waals surface area contributed by atoms with Crippen LogP contribution in [0.1, 0.15) is 15.9 Å². The van der Waals surface area contributed by atoms with E-state index in [4.69, 9.17) is 23.2 Å². The second-order valence-corrected chi connectivity index (χ2v) is 5.80. The lowest BCUT2D eigenvalue weighted by molar-refractivity contribution is 0.102. The Bertz CT molecular complexity index is 671. The van der Waals surface area contributed by atoms with E-state index in [1.165, 1.54) is 18.2 Å². The van der Waals surface area contributed by atoms with E-state index in [1.54, 1.807) is 12.1 Å². The molecule has 2 rings (SSSR count).